The monoisotopic (exact) mass is 608 g/mol. The molecule has 2 atom stereocenters. The van der Waals surface area contributed by atoms with Crippen molar-refractivity contribution in [2.24, 2.45) is 5.92 Å². The van der Waals surface area contributed by atoms with Gasteiger partial charge in [0, 0.05) is 31.4 Å². The van der Waals surface area contributed by atoms with Crippen LogP contribution in [0.3, 0.4) is 0 Å². The van der Waals surface area contributed by atoms with Crippen LogP contribution in [-0.2, 0) is 4.79 Å². The van der Waals surface area contributed by atoms with Gasteiger partial charge in [-0.05, 0) is 72.6 Å². The first-order chi connectivity index (χ1) is 21.9. The van der Waals surface area contributed by atoms with E-state index in [1.807, 2.05) is 66.1 Å². The molecule has 2 aromatic heterocycles. The van der Waals surface area contributed by atoms with Gasteiger partial charge in [0.25, 0.3) is 0 Å². The summed E-state index contributed by atoms with van der Waals surface area (Å²) in [7, 11) is 0. The summed E-state index contributed by atoms with van der Waals surface area (Å²) < 4.78 is 0. The van der Waals surface area contributed by atoms with Crippen LogP contribution >= 0.6 is 0 Å². The van der Waals surface area contributed by atoms with E-state index >= 15 is 0 Å². The minimum Gasteiger partial charge on any atom is -0.341 e. The summed E-state index contributed by atoms with van der Waals surface area (Å²) in [6, 6.07) is 20.7. The van der Waals surface area contributed by atoms with E-state index in [0.717, 1.165) is 67.4 Å². The number of tetrazole rings is 1. The lowest BCUT2D eigenvalue weighted by molar-refractivity contribution is -0.134. The lowest BCUT2D eigenvalue weighted by Crippen LogP contribution is -2.58. The summed E-state index contributed by atoms with van der Waals surface area (Å²) in [5.74, 6) is 0.921. The Hall–Kier alpha value is -4.60. The molecule has 0 bridgehead atoms. The van der Waals surface area contributed by atoms with Gasteiger partial charge in [0.05, 0.1) is 6.04 Å². The van der Waals surface area contributed by atoms with Crippen LogP contribution in [0.5, 0.6) is 0 Å². The molecule has 0 aliphatic carbocycles. The Morgan fingerprint density at radius 2 is 1.62 bits per heavy atom. The van der Waals surface area contributed by atoms with E-state index in [-0.39, 0.29) is 23.9 Å². The second-order valence-electron chi connectivity index (χ2n) is 12.0. The fraction of sp³-hybridized carbons (Fsp3) is 0.429. The number of benzene rings is 2. The highest BCUT2D eigenvalue weighted by molar-refractivity contribution is 5.99. The number of nitrogens with zero attached hydrogens (tertiary/aromatic N) is 7. The number of anilines is 1. The predicted octanol–water partition coefficient (Wildman–Crippen LogP) is 6.76. The van der Waals surface area contributed by atoms with Crippen molar-refractivity contribution in [1.82, 2.24) is 35.4 Å². The van der Waals surface area contributed by atoms with Gasteiger partial charge < -0.3 is 9.80 Å². The first kappa shape index (κ1) is 31.8. The molecule has 10 heteroatoms. The summed E-state index contributed by atoms with van der Waals surface area (Å²) >= 11 is 0. The molecule has 10 nitrogen and oxygen atoms in total. The van der Waals surface area contributed by atoms with E-state index in [1.54, 1.807) is 11.1 Å². The number of urea groups is 1. The van der Waals surface area contributed by atoms with Crippen LogP contribution in [-0.4, -0.2) is 73.0 Å². The smallest absolute Gasteiger partial charge is 0.326 e. The lowest BCUT2D eigenvalue weighted by Gasteiger charge is -2.41. The maximum absolute atomic E-state index is 14.8. The average molecular weight is 609 g/mol. The number of nitrogens with one attached hydrogen (secondary N) is 1. The van der Waals surface area contributed by atoms with Crippen LogP contribution in [0.15, 0.2) is 72.9 Å². The minimum atomic E-state index is -0.661. The van der Waals surface area contributed by atoms with Crippen LogP contribution in [0.2, 0.25) is 0 Å². The van der Waals surface area contributed by atoms with Crippen molar-refractivity contribution in [3.63, 3.8) is 0 Å². The Bertz CT molecular complexity index is 1520. The molecule has 1 N–H and O–H groups in total. The normalized spacial score (nSPS) is 14.6. The van der Waals surface area contributed by atoms with Crippen molar-refractivity contribution < 1.29 is 9.59 Å². The Labute approximate surface area is 265 Å². The zero-order chi connectivity index (χ0) is 31.8. The van der Waals surface area contributed by atoms with E-state index in [4.69, 9.17) is 0 Å². The molecule has 0 radical (unpaired) electrons. The number of piperidine rings is 1. The zero-order valence-electron chi connectivity index (χ0n) is 26.8. The van der Waals surface area contributed by atoms with Gasteiger partial charge in [-0.15, -0.1) is 10.2 Å². The molecule has 5 rings (SSSR count). The molecule has 3 heterocycles. The zero-order valence-corrected chi connectivity index (χ0v) is 26.8. The number of rotatable bonds is 11. The van der Waals surface area contributed by atoms with E-state index in [0.29, 0.717) is 18.2 Å². The molecular weight excluding hydrogens is 564 g/mol. The average Bonchev–Trinajstić information content (AvgIpc) is 3.63. The SMILES string of the molecule is CCCCN(C(=O)N(c1ccccn1)C(C(=O)N1CCCCC1)C(C)C)C(C)c1ccc(-c2ccccc2-c2nn[nH]n2)cc1. The molecule has 2 aromatic carbocycles. The van der Waals surface area contributed by atoms with Gasteiger partial charge in [0.1, 0.15) is 11.9 Å². The van der Waals surface area contributed by atoms with Gasteiger partial charge in [-0.25, -0.2) is 9.78 Å². The molecule has 1 fully saturated rings. The predicted molar refractivity (Wildman–Crippen MR) is 176 cm³/mol. The van der Waals surface area contributed by atoms with Crippen LogP contribution in [0.25, 0.3) is 22.5 Å². The Kier molecular flexibility index (Phi) is 10.5. The molecule has 1 aliphatic rings. The maximum Gasteiger partial charge on any atom is 0.326 e. The molecule has 236 valence electrons. The van der Waals surface area contributed by atoms with E-state index < -0.39 is 6.04 Å². The number of carbonyl (C=O) groups is 2. The number of aromatic nitrogens is 5. The number of unbranched alkanes of at least 4 members (excludes halogenated alkanes) is 1. The van der Waals surface area contributed by atoms with Crippen molar-refractivity contribution in [3.05, 3.63) is 78.5 Å². The number of carbonyl (C=O) groups excluding carboxylic acids is 2. The standard InChI is InChI=1S/C35H44N8O2/c1-5-6-24-42(26(4)27-17-19-28(20-18-27)29-14-8-9-15-30(29)33-37-39-40-38-33)35(45)43(31-16-10-11-21-36-31)32(25(2)3)34(44)41-22-12-7-13-23-41/h8-11,14-21,25-26,32H,5-7,12-13,22-24H2,1-4H3,(H,37,38,39,40). The van der Waals surface area contributed by atoms with Crippen LogP contribution in [0, 0.1) is 5.92 Å². The largest absolute Gasteiger partial charge is 0.341 e. The van der Waals surface area contributed by atoms with Crippen molar-refractivity contribution in [2.75, 3.05) is 24.5 Å². The van der Waals surface area contributed by atoms with Crippen molar-refractivity contribution in [3.8, 4) is 22.5 Å². The van der Waals surface area contributed by atoms with Crippen LogP contribution in [0.1, 0.15) is 71.4 Å². The quantitative estimate of drug-likeness (QED) is 0.202. The molecule has 1 aliphatic heterocycles. The lowest BCUT2D eigenvalue weighted by atomic mass is 9.96. The number of aromatic amines is 1. The number of hydrogen-bond donors (Lipinski definition) is 1. The maximum atomic E-state index is 14.8. The number of amides is 3. The molecule has 1 saturated heterocycles. The third kappa shape index (κ3) is 7.21. The van der Waals surface area contributed by atoms with Crippen LogP contribution < -0.4 is 4.90 Å². The Balaban J connectivity index is 1.48. The highest BCUT2D eigenvalue weighted by Crippen LogP contribution is 2.33. The highest BCUT2D eigenvalue weighted by atomic mass is 16.2. The summed E-state index contributed by atoms with van der Waals surface area (Å²) in [6.45, 7) is 10.2. The van der Waals surface area contributed by atoms with Gasteiger partial charge in [0.15, 0.2) is 0 Å². The molecule has 0 spiro atoms. The van der Waals surface area contributed by atoms with Gasteiger partial charge >= 0.3 is 6.03 Å². The summed E-state index contributed by atoms with van der Waals surface area (Å²) in [5.41, 5.74) is 3.90. The number of likely N-dealkylation sites (tertiary alicyclic amines) is 1. The minimum absolute atomic E-state index is 0.00332. The molecule has 45 heavy (non-hydrogen) atoms. The fourth-order valence-electron chi connectivity index (χ4n) is 6.10. The number of hydrogen-bond acceptors (Lipinski definition) is 6. The van der Waals surface area contributed by atoms with Crippen LogP contribution in [0.4, 0.5) is 10.6 Å². The third-order valence-electron chi connectivity index (χ3n) is 8.62. The molecular formula is C35H44N8O2. The third-order valence-corrected chi connectivity index (χ3v) is 8.62. The van der Waals surface area contributed by atoms with Crippen molar-refractivity contribution in [2.45, 2.75) is 71.9 Å². The molecule has 0 saturated carbocycles. The van der Waals surface area contributed by atoms with Crippen molar-refractivity contribution in [1.29, 1.82) is 0 Å². The number of pyridine rings is 1. The molecule has 3 amide bonds. The van der Waals surface area contributed by atoms with Gasteiger partial charge in [-0.3, -0.25) is 9.69 Å². The first-order valence-electron chi connectivity index (χ1n) is 16.1. The van der Waals surface area contributed by atoms with Gasteiger partial charge in [0.2, 0.25) is 11.7 Å². The Morgan fingerprint density at radius 3 is 2.24 bits per heavy atom. The summed E-state index contributed by atoms with van der Waals surface area (Å²) in [4.78, 5) is 39.0. The van der Waals surface area contributed by atoms with E-state index in [1.165, 1.54) is 0 Å². The summed E-state index contributed by atoms with van der Waals surface area (Å²) in [6.07, 6.45) is 6.57. The van der Waals surface area contributed by atoms with E-state index in [2.05, 4.69) is 63.7 Å². The first-order valence-corrected chi connectivity index (χ1v) is 16.1. The fourth-order valence-corrected chi connectivity index (χ4v) is 6.10. The second kappa shape index (κ2) is 14.9. The van der Waals surface area contributed by atoms with Crippen molar-refractivity contribution >= 4 is 17.8 Å². The highest BCUT2D eigenvalue weighted by Gasteiger charge is 2.40. The van der Waals surface area contributed by atoms with E-state index in [9.17, 15) is 9.59 Å². The summed E-state index contributed by atoms with van der Waals surface area (Å²) in [5, 5.41) is 14.6. The molecule has 4 aromatic rings. The Morgan fingerprint density at radius 1 is 0.911 bits per heavy atom. The van der Waals surface area contributed by atoms with Gasteiger partial charge in [-0.1, -0.05) is 81.8 Å². The second-order valence-corrected chi connectivity index (χ2v) is 12.0. The topological polar surface area (TPSA) is 111 Å². The van der Waals surface area contributed by atoms with Gasteiger partial charge in [-0.2, -0.15) is 5.21 Å². The molecule has 2 unspecified atom stereocenters. The number of H-pyrrole nitrogens is 1.